The lowest BCUT2D eigenvalue weighted by molar-refractivity contribution is -0.138. The fourth-order valence-electron chi connectivity index (χ4n) is 1.83. The van der Waals surface area contributed by atoms with Crippen LogP contribution in [0.5, 0.6) is 0 Å². The van der Waals surface area contributed by atoms with Gasteiger partial charge in [0.15, 0.2) is 0 Å². The molecule has 0 aliphatic heterocycles. The molecule has 2 aromatic rings. The molecule has 0 radical (unpaired) electrons. The Hall–Kier alpha value is -2.37. The Morgan fingerprint density at radius 3 is 2.65 bits per heavy atom. The molecule has 0 bridgehead atoms. The standard InChI is InChI=1S/C14H17N3O3/c1-9(2)8-11(13(18)19)15-14-16-12(20-17-14)10-6-4-3-5-7-10/h3-7,9,11H,8H2,1-2H3,(H,15,17)(H,18,19)/t11-/m1/s1. The Morgan fingerprint density at radius 2 is 2.05 bits per heavy atom. The predicted molar refractivity (Wildman–Crippen MR) is 74.2 cm³/mol. The first kappa shape index (κ1) is 14.0. The summed E-state index contributed by atoms with van der Waals surface area (Å²) in [5.74, 6) is -0.118. The van der Waals surface area contributed by atoms with Gasteiger partial charge in [-0.1, -0.05) is 32.0 Å². The van der Waals surface area contributed by atoms with Crippen molar-refractivity contribution in [3.05, 3.63) is 30.3 Å². The molecule has 0 saturated heterocycles. The highest BCUT2D eigenvalue weighted by Crippen LogP contribution is 2.19. The van der Waals surface area contributed by atoms with E-state index < -0.39 is 12.0 Å². The van der Waals surface area contributed by atoms with E-state index >= 15 is 0 Å². The molecule has 106 valence electrons. The number of carbonyl (C=O) groups is 1. The molecular formula is C14H17N3O3. The summed E-state index contributed by atoms with van der Waals surface area (Å²) in [6, 6.07) is 8.59. The molecular weight excluding hydrogens is 258 g/mol. The molecule has 1 atom stereocenters. The van der Waals surface area contributed by atoms with Crippen LogP contribution >= 0.6 is 0 Å². The minimum Gasteiger partial charge on any atom is -0.480 e. The molecule has 6 heteroatoms. The van der Waals surface area contributed by atoms with E-state index in [2.05, 4.69) is 15.5 Å². The summed E-state index contributed by atoms with van der Waals surface area (Å²) in [4.78, 5) is 15.3. The summed E-state index contributed by atoms with van der Waals surface area (Å²) in [6.45, 7) is 3.92. The smallest absolute Gasteiger partial charge is 0.326 e. The first-order valence-corrected chi connectivity index (χ1v) is 6.44. The summed E-state index contributed by atoms with van der Waals surface area (Å²) >= 11 is 0. The third-order valence-corrected chi connectivity index (χ3v) is 2.76. The van der Waals surface area contributed by atoms with E-state index in [1.165, 1.54) is 0 Å². The van der Waals surface area contributed by atoms with Gasteiger partial charge >= 0.3 is 5.97 Å². The van der Waals surface area contributed by atoms with Crippen LogP contribution in [0.15, 0.2) is 34.9 Å². The maximum atomic E-state index is 11.2. The van der Waals surface area contributed by atoms with Crippen molar-refractivity contribution in [1.82, 2.24) is 10.1 Å². The van der Waals surface area contributed by atoms with Crippen molar-refractivity contribution in [3.8, 4) is 11.5 Å². The van der Waals surface area contributed by atoms with Crippen LogP contribution in [0.25, 0.3) is 11.5 Å². The molecule has 0 spiro atoms. The van der Waals surface area contributed by atoms with Crippen LogP contribution in [0, 0.1) is 5.92 Å². The average molecular weight is 275 g/mol. The number of hydrogen-bond acceptors (Lipinski definition) is 5. The van der Waals surface area contributed by atoms with Gasteiger partial charge < -0.3 is 14.9 Å². The Balaban J connectivity index is 2.10. The second kappa shape index (κ2) is 6.18. The third kappa shape index (κ3) is 3.57. The van der Waals surface area contributed by atoms with Crippen molar-refractivity contribution in [2.75, 3.05) is 5.32 Å². The number of benzene rings is 1. The van der Waals surface area contributed by atoms with Crippen LogP contribution in [0.4, 0.5) is 5.95 Å². The fourth-order valence-corrected chi connectivity index (χ4v) is 1.83. The number of aromatic nitrogens is 2. The van der Waals surface area contributed by atoms with E-state index in [4.69, 9.17) is 9.63 Å². The van der Waals surface area contributed by atoms with E-state index in [-0.39, 0.29) is 11.9 Å². The van der Waals surface area contributed by atoms with Crippen molar-refractivity contribution >= 4 is 11.9 Å². The summed E-state index contributed by atoms with van der Waals surface area (Å²) in [6.07, 6.45) is 0.491. The lowest BCUT2D eigenvalue weighted by atomic mass is 10.0. The Bertz CT molecular complexity index is 566. The van der Waals surface area contributed by atoms with Crippen LogP contribution in [0.1, 0.15) is 20.3 Å². The van der Waals surface area contributed by atoms with Crippen LogP contribution in [0.2, 0.25) is 0 Å². The van der Waals surface area contributed by atoms with Gasteiger partial charge in [-0.25, -0.2) is 4.79 Å². The van der Waals surface area contributed by atoms with Gasteiger partial charge in [0, 0.05) is 5.56 Å². The molecule has 0 aliphatic rings. The molecule has 0 amide bonds. The number of hydrogen-bond donors (Lipinski definition) is 2. The molecule has 20 heavy (non-hydrogen) atoms. The maximum absolute atomic E-state index is 11.2. The van der Waals surface area contributed by atoms with Gasteiger partial charge in [-0.15, -0.1) is 0 Å². The van der Waals surface area contributed by atoms with Crippen molar-refractivity contribution < 1.29 is 14.4 Å². The van der Waals surface area contributed by atoms with Crippen LogP contribution in [-0.4, -0.2) is 27.3 Å². The fraction of sp³-hybridized carbons (Fsp3) is 0.357. The summed E-state index contributed by atoms with van der Waals surface area (Å²) in [7, 11) is 0. The number of anilines is 1. The van der Waals surface area contributed by atoms with E-state index in [1.54, 1.807) is 0 Å². The van der Waals surface area contributed by atoms with Gasteiger partial charge in [0.05, 0.1) is 0 Å². The second-order valence-electron chi connectivity index (χ2n) is 4.95. The zero-order valence-corrected chi connectivity index (χ0v) is 11.4. The summed E-state index contributed by atoms with van der Waals surface area (Å²) in [5, 5.41) is 15.7. The first-order chi connectivity index (χ1) is 9.56. The Morgan fingerprint density at radius 1 is 1.35 bits per heavy atom. The monoisotopic (exact) mass is 275 g/mol. The lowest BCUT2D eigenvalue weighted by Gasteiger charge is -2.14. The normalized spacial score (nSPS) is 12.3. The third-order valence-electron chi connectivity index (χ3n) is 2.76. The van der Waals surface area contributed by atoms with Crippen molar-refractivity contribution in [2.45, 2.75) is 26.3 Å². The molecule has 6 nitrogen and oxygen atoms in total. The van der Waals surface area contributed by atoms with Gasteiger partial charge in [0.25, 0.3) is 11.8 Å². The zero-order valence-electron chi connectivity index (χ0n) is 11.4. The van der Waals surface area contributed by atoms with Crippen LogP contribution in [-0.2, 0) is 4.79 Å². The minimum atomic E-state index is -0.926. The molecule has 1 heterocycles. The summed E-state index contributed by atoms with van der Waals surface area (Å²) < 4.78 is 5.12. The largest absolute Gasteiger partial charge is 0.480 e. The van der Waals surface area contributed by atoms with Crippen LogP contribution in [0.3, 0.4) is 0 Å². The molecule has 0 saturated carbocycles. The van der Waals surface area contributed by atoms with Gasteiger partial charge in [0.1, 0.15) is 6.04 Å². The highest BCUT2D eigenvalue weighted by Gasteiger charge is 2.21. The number of aliphatic carboxylic acids is 1. The van der Waals surface area contributed by atoms with Crippen molar-refractivity contribution in [2.24, 2.45) is 5.92 Å². The lowest BCUT2D eigenvalue weighted by Crippen LogP contribution is -2.31. The van der Waals surface area contributed by atoms with E-state index in [0.717, 1.165) is 5.56 Å². The highest BCUT2D eigenvalue weighted by atomic mass is 16.5. The maximum Gasteiger partial charge on any atom is 0.326 e. The van der Waals surface area contributed by atoms with Gasteiger partial charge in [-0.05, 0) is 29.6 Å². The molecule has 1 aromatic carbocycles. The Labute approximate surface area is 116 Å². The predicted octanol–water partition coefficient (Wildman–Crippen LogP) is 2.65. The minimum absolute atomic E-state index is 0.192. The quantitative estimate of drug-likeness (QED) is 0.842. The SMILES string of the molecule is CC(C)C[C@@H](Nc1noc(-c2ccccc2)n1)C(=O)O. The van der Waals surface area contributed by atoms with E-state index in [1.807, 2.05) is 44.2 Å². The number of carboxylic acids is 1. The van der Waals surface area contributed by atoms with E-state index in [9.17, 15) is 4.79 Å². The molecule has 1 aromatic heterocycles. The Kier molecular flexibility index (Phi) is 4.34. The number of carboxylic acid groups (broad SMARTS) is 1. The van der Waals surface area contributed by atoms with Crippen molar-refractivity contribution in [1.29, 1.82) is 0 Å². The first-order valence-electron chi connectivity index (χ1n) is 6.44. The molecule has 0 unspecified atom stereocenters. The van der Waals surface area contributed by atoms with Crippen molar-refractivity contribution in [3.63, 3.8) is 0 Å². The zero-order chi connectivity index (χ0) is 14.5. The second-order valence-corrected chi connectivity index (χ2v) is 4.95. The molecule has 0 aliphatic carbocycles. The number of rotatable bonds is 6. The van der Waals surface area contributed by atoms with Gasteiger partial charge in [-0.2, -0.15) is 4.98 Å². The average Bonchev–Trinajstić information content (AvgIpc) is 2.87. The van der Waals surface area contributed by atoms with Gasteiger partial charge in [-0.3, -0.25) is 0 Å². The number of nitrogens with zero attached hydrogens (tertiary/aromatic N) is 2. The topological polar surface area (TPSA) is 88.3 Å². The molecule has 0 fully saturated rings. The summed E-state index contributed by atoms with van der Waals surface area (Å²) in [5.41, 5.74) is 0.795. The molecule has 2 rings (SSSR count). The van der Waals surface area contributed by atoms with Crippen LogP contribution < -0.4 is 5.32 Å². The van der Waals surface area contributed by atoms with E-state index in [0.29, 0.717) is 12.3 Å². The number of nitrogens with one attached hydrogen (secondary N) is 1. The highest BCUT2D eigenvalue weighted by molar-refractivity contribution is 5.76. The molecule has 2 N–H and O–H groups in total. The van der Waals surface area contributed by atoms with Gasteiger partial charge in [0.2, 0.25) is 0 Å².